The van der Waals surface area contributed by atoms with Gasteiger partial charge in [-0.15, -0.1) is 11.3 Å². The van der Waals surface area contributed by atoms with Crippen molar-refractivity contribution in [2.75, 3.05) is 13.1 Å². The molecule has 1 aliphatic rings. The third kappa shape index (κ3) is 4.06. The van der Waals surface area contributed by atoms with E-state index < -0.39 is 10.0 Å². The van der Waals surface area contributed by atoms with Crippen molar-refractivity contribution in [2.24, 2.45) is 0 Å². The summed E-state index contributed by atoms with van der Waals surface area (Å²) < 4.78 is 27.9. The Bertz CT molecular complexity index is 534. The first-order chi connectivity index (χ1) is 10.1. The van der Waals surface area contributed by atoms with Gasteiger partial charge in [0.1, 0.15) is 4.21 Å². The molecule has 120 valence electrons. The monoisotopic (exact) mass is 330 g/mol. The minimum Gasteiger partial charge on any atom is -0.313 e. The molecule has 0 radical (unpaired) electrons. The van der Waals surface area contributed by atoms with Crippen molar-refractivity contribution in [3.05, 3.63) is 17.0 Å². The average Bonchev–Trinajstić information content (AvgIpc) is 2.96. The lowest BCUT2D eigenvalue weighted by molar-refractivity contribution is 0.261. The van der Waals surface area contributed by atoms with Gasteiger partial charge in [-0.05, 0) is 36.4 Å². The first-order valence-corrected chi connectivity index (χ1v) is 10.2. The van der Waals surface area contributed by atoms with Crippen molar-refractivity contribution in [1.29, 1.82) is 0 Å². The van der Waals surface area contributed by atoms with Gasteiger partial charge in [0.2, 0.25) is 0 Å². The molecular formula is C15H26N2O2S2. The van der Waals surface area contributed by atoms with Gasteiger partial charge in [0, 0.05) is 19.1 Å². The van der Waals surface area contributed by atoms with E-state index >= 15 is 0 Å². The van der Waals surface area contributed by atoms with Gasteiger partial charge in [-0.2, -0.15) is 4.31 Å². The topological polar surface area (TPSA) is 49.4 Å². The molecule has 0 saturated heterocycles. The van der Waals surface area contributed by atoms with Crippen LogP contribution in [0.5, 0.6) is 0 Å². The second-order valence-corrected chi connectivity index (χ2v) is 8.58. The molecule has 1 heterocycles. The first-order valence-electron chi connectivity index (χ1n) is 7.89. The predicted octanol–water partition coefficient (Wildman–Crippen LogP) is 3.20. The van der Waals surface area contributed by atoms with Crippen LogP contribution in [0.15, 0.2) is 15.7 Å². The van der Waals surface area contributed by atoms with Crippen LogP contribution in [0.1, 0.15) is 51.5 Å². The lowest BCUT2D eigenvalue weighted by Crippen LogP contribution is -2.40. The van der Waals surface area contributed by atoms with Crippen molar-refractivity contribution >= 4 is 21.4 Å². The van der Waals surface area contributed by atoms with Gasteiger partial charge in [0.05, 0.1) is 0 Å². The van der Waals surface area contributed by atoms with Gasteiger partial charge in [-0.3, -0.25) is 0 Å². The molecule has 4 nitrogen and oxygen atoms in total. The standard InChI is InChI=1S/C15H26N2O2S2/c1-3-16-11-13-10-15(20-12-13)21(18,19)17(4-2)14-8-6-5-7-9-14/h10,12,14,16H,3-9,11H2,1-2H3. The molecule has 0 amide bonds. The molecule has 0 atom stereocenters. The van der Waals surface area contributed by atoms with E-state index in [-0.39, 0.29) is 6.04 Å². The van der Waals surface area contributed by atoms with Crippen LogP contribution < -0.4 is 5.32 Å². The SMILES string of the molecule is CCNCc1csc(S(=O)(=O)N(CC)C2CCCCC2)c1. The molecule has 1 N–H and O–H groups in total. The highest BCUT2D eigenvalue weighted by Crippen LogP contribution is 2.30. The van der Waals surface area contributed by atoms with Crippen molar-refractivity contribution in [1.82, 2.24) is 9.62 Å². The van der Waals surface area contributed by atoms with Gasteiger partial charge in [-0.1, -0.05) is 33.1 Å². The number of rotatable bonds is 7. The van der Waals surface area contributed by atoms with Crippen LogP contribution in [-0.4, -0.2) is 31.9 Å². The summed E-state index contributed by atoms with van der Waals surface area (Å²) in [5.74, 6) is 0. The fourth-order valence-electron chi connectivity index (χ4n) is 2.96. The summed E-state index contributed by atoms with van der Waals surface area (Å²) in [4.78, 5) is 0. The van der Waals surface area contributed by atoms with E-state index in [2.05, 4.69) is 5.32 Å². The Labute approximate surface area is 132 Å². The Balaban J connectivity index is 2.16. The molecule has 0 unspecified atom stereocenters. The molecule has 21 heavy (non-hydrogen) atoms. The Morgan fingerprint density at radius 2 is 2.00 bits per heavy atom. The van der Waals surface area contributed by atoms with Crippen molar-refractivity contribution in [2.45, 2.75) is 62.7 Å². The van der Waals surface area contributed by atoms with E-state index in [1.54, 1.807) is 4.31 Å². The third-order valence-electron chi connectivity index (χ3n) is 4.07. The molecule has 1 aromatic rings. The van der Waals surface area contributed by atoms with Gasteiger partial charge in [-0.25, -0.2) is 8.42 Å². The van der Waals surface area contributed by atoms with Gasteiger partial charge in [0.15, 0.2) is 0 Å². The Hall–Kier alpha value is -0.430. The fraction of sp³-hybridized carbons (Fsp3) is 0.733. The minimum absolute atomic E-state index is 0.188. The first kappa shape index (κ1) is 16.9. The van der Waals surface area contributed by atoms with E-state index in [0.29, 0.717) is 10.8 Å². The van der Waals surface area contributed by atoms with Gasteiger partial charge in [0.25, 0.3) is 10.0 Å². The molecule has 1 saturated carbocycles. The third-order valence-corrected chi connectivity index (χ3v) is 7.56. The molecule has 2 rings (SSSR count). The largest absolute Gasteiger partial charge is 0.313 e. The number of nitrogens with one attached hydrogen (secondary N) is 1. The lowest BCUT2D eigenvalue weighted by Gasteiger charge is -2.32. The van der Waals surface area contributed by atoms with Crippen molar-refractivity contribution in [3.63, 3.8) is 0 Å². The summed E-state index contributed by atoms with van der Waals surface area (Å²) in [6.07, 6.45) is 5.53. The normalized spacial score (nSPS) is 17.5. The number of thiophene rings is 1. The highest BCUT2D eigenvalue weighted by molar-refractivity contribution is 7.91. The number of nitrogens with zero attached hydrogens (tertiary/aromatic N) is 1. The zero-order valence-corrected chi connectivity index (χ0v) is 14.6. The molecule has 0 bridgehead atoms. The summed E-state index contributed by atoms with van der Waals surface area (Å²) in [5.41, 5.74) is 1.06. The van der Waals surface area contributed by atoms with Crippen molar-refractivity contribution in [3.8, 4) is 0 Å². The number of sulfonamides is 1. The Kier molecular flexibility index (Phi) is 6.22. The highest BCUT2D eigenvalue weighted by atomic mass is 32.2. The summed E-state index contributed by atoms with van der Waals surface area (Å²) in [6.45, 7) is 6.18. The smallest absolute Gasteiger partial charge is 0.252 e. The molecule has 1 fully saturated rings. The van der Waals surface area contributed by atoms with Gasteiger partial charge >= 0.3 is 0 Å². The molecule has 6 heteroatoms. The van der Waals surface area contributed by atoms with Crippen LogP contribution >= 0.6 is 11.3 Å². The van der Waals surface area contributed by atoms with E-state index in [9.17, 15) is 8.42 Å². The highest BCUT2D eigenvalue weighted by Gasteiger charge is 2.31. The second-order valence-electron chi connectivity index (χ2n) is 5.55. The summed E-state index contributed by atoms with van der Waals surface area (Å²) in [6, 6.07) is 2.02. The van der Waals surface area contributed by atoms with Crippen LogP contribution in [0, 0.1) is 0 Å². The molecule has 1 aromatic heterocycles. The molecule has 1 aliphatic carbocycles. The minimum atomic E-state index is -3.33. The van der Waals surface area contributed by atoms with Crippen LogP contribution in [0.25, 0.3) is 0 Å². The average molecular weight is 331 g/mol. The maximum atomic E-state index is 12.9. The van der Waals surface area contributed by atoms with E-state index in [0.717, 1.165) is 44.3 Å². The lowest BCUT2D eigenvalue weighted by atomic mass is 9.95. The van der Waals surface area contributed by atoms with E-state index in [4.69, 9.17) is 0 Å². The second kappa shape index (κ2) is 7.72. The van der Waals surface area contributed by atoms with Crippen molar-refractivity contribution < 1.29 is 8.42 Å². The molecule has 0 spiro atoms. The van der Waals surface area contributed by atoms with E-state index in [1.165, 1.54) is 17.8 Å². The zero-order chi connectivity index (χ0) is 15.3. The Morgan fingerprint density at radius 1 is 1.29 bits per heavy atom. The summed E-state index contributed by atoms with van der Waals surface area (Å²) in [7, 11) is -3.33. The quantitative estimate of drug-likeness (QED) is 0.835. The number of hydrogen-bond acceptors (Lipinski definition) is 4. The maximum Gasteiger partial charge on any atom is 0.252 e. The predicted molar refractivity (Wildman–Crippen MR) is 88.1 cm³/mol. The van der Waals surface area contributed by atoms with E-state index in [1.807, 2.05) is 25.3 Å². The fourth-order valence-corrected chi connectivity index (χ4v) is 5.99. The summed E-state index contributed by atoms with van der Waals surface area (Å²) >= 11 is 1.34. The van der Waals surface area contributed by atoms with Gasteiger partial charge < -0.3 is 5.32 Å². The van der Waals surface area contributed by atoms with Crippen LogP contribution in [0.3, 0.4) is 0 Å². The van der Waals surface area contributed by atoms with Crippen LogP contribution in [0.4, 0.5) is 0 Å². The zero-order valence-electron chi connectivity index (χ0n) is 13.0. The Morgan fingerprint density at radius 3 is 2.62 bits per heavy atom. The van der Waals surface area contributed by atoms with Crippen LogP contribution in [0.2, 0.25) is 0 Å². The molecule has 0 aromatic carbocycles. The molecule has 0 aliphatic heterocycles. The maximum absolute atomic E-state index is 12.9. The summed E-state index contributed by atoms with van der Waals surface area (Å²) in [5, 5.41) is 5.18. The molecular weight excluding hydrogens is 304 g/mol. The number of hydrogen-bond donors (Lipinski definition) is 1. The van der Waals surface area contributed by atoms with Crippen LogP contribution in [-0.2, 0) is 16.6 Å².